The van der Waals surface area contributed by atoms with Crippen LogP contribution in [0.25, 0.3) is 0 Å². The van der Waals surface area contributed by atoms with Crippen molar-refractivity contribution in [3.05, 3.63) is 0 Å². The molecule has 0 saturated carbocycles. The second-order valence-electron chi connectivity index (χ2n) is 3.06. The van der Waals surface area contributed by atoms with E-state index >= 15 is 0 Å². The predicted octanol–water partition coefficient (Wildman–Crippen LogP) is 4.29. The fourth-order valence-electron chi connectivity index (χ4n) is 1.04. The Balaban J connectivity index is 0. The van der Waals surface area contributed by atoms with Crippen LogP contribution in [0.2, 0.25) is 0 Å². The molecular formula is C11H25Br2N. The molecule has 0 aromatic rings. The molecule has 0 rings (SSSR count). The Kier molecular flexibility index (Phi) is 20.2. The first-order chi connectivity index (χ1) is 6.76. The number of alkyl halides is 2. The Morgan fingerprint density at radius 1 is 0.714 bits per heavy atom. The van der Waals surface area contributed by atoms with E-state index in [1.54, 1.807) is 0 Å². The zero-order chi connectivity index (χ0) is 11.2. The third kappa shape index (κ3) is 15.4. The first-order valence-electron chi connectivity index (χ1n) is 5.60. The SMILES string of the molecule is BrCCCCCBr.CCN(CC)CC. The van der Waals surface area contributed by atoms with E-state index in [0.717, 1.165) is 10.7 Å². The lowest BCUT2D eigenvalue weighted by molar-refractivity contribution is 0.321. The van der Waals surface area contributed by atoms with Gasteiger partial charge in [0.25, 0.3) is 0 Å². The minimum atomic E-state index is 1.15. The van der Waals surface area contributed by atoms with E-state index in [9.17, 15) is 0 Å². The second-order valence-corrected chi connectivity index (χ2v) is 4.64. The van der Waals surface area contributed by atoms with Gasteiger partial charge in [-0.3, -0.25) is 0 Å². The number of rotatable bonds is 7. The van der Waals surface area contributed by atoms with Crippen LogP contribution >= 0.6 is 31.9 Å². The lowest BCUT2D eigenvalue weighted by Gasteiger charge is -2.13. The maximum absolute atomic E-state index is 3.36. The highest BCUT2D eigenvalue weighted by Gasteiger charge is 1.89. The summed E-state index contributed by atoms with van der Waals surface area (Å²) < 4.78 is 0. The van der Waals surface area contributed by atoms with Crippen LogP contribution in [0, 0.1) is 0 Å². The number of halogens is 2. The van der Waals surface area contributed by atoms with Crippen molar-refractivity contribution in [2.45, 2.75) is 40.0 Å². The molecule has 0 heterocycles. The molecule has 0 amide bonds. The Morgan fingerprint density at radius 3 is 1.21 bits per heavy atom. The van der Waals surface area contributed by atoms with Gasteiger partial charge in [0.15, 0.2) is 0 Å². The van der Waals surface area contributed by atoms with Crippen LogP contribution in [-0.4, -0.2) is 35.2 Å². The van der Waals surface area contributed by atoms with Gasteiger partial charge in [0, 0.05) is 10.7 Å². The van der Waals surface area contributed by atoms with Crippen LogP contribution in [0.4, 0.5) is 0 Å². The van der Waals surface area contributed by atoms with Crippen LogP contribution in [-0.2, 0) is 0 Å². The Labute approximate surface area is 107 Å². The average molecular weight is 331 g/mol. The molecule has 0 aliphatic rings. The number of hydrogen-bond donors (Lipinski definition) is 0. The van der Waals surface area contributed by atoms with Gasteiger partial charge in [-0.2, -0.15) is 0 Å². The van der Waals surface area contributed by atoms with Gasteiger partial charge in [-0.15, -0.1) is 0 Å². The van der Waals surface area contributed by atoms with E-state index in [0.29, 0.717) is 0 Å². The van der Waals surface area contributed by atoms with Crippen LogP contribution in [0.1, 0.15) is 40.0 Å². The van der Waals surface area contributed by atoms with Gasteiger partial charge in [-0.05, 0) is 32.5 Å². The van der Waals surface area contributed by atoms with E-state index in [2.05, 4.69) is 57.5 Å². The molecular weight excluding hydrogens is 306 g/mol. The van der Waals surface area contributed by atoms with E-state index < -0.39 is 0 Å². The summed E-state index contributed by atoms with van der Waals surface area (Å²) in [5.41, 5.74) is 0. The Bertz CT molecular complexity index is 75.8. The van der Waals surface area contributed by atoms with Crippen molar-refractivity contribution in [3.63, 3.8) is 0 Å². The summed E-state index contributed by atoms with van der Waals surface area (Å²) in [4.78, 5) is 2.38. The minimum Gasteiger partial charge on any atom is -0.304 e. The van der Waals surface area contributed by atoms with Crippen LogP contribution in [0.5, 0.6) is 0 Å². The highest BCUT2D eigenvalue weighted by Crippen LogP contribution is 1.99. The highest BCUT2D eigenvalue weighted by atomic mass is 79.9. The fourth-order valence-corrected chi connectivity index (χ4v) is 1.83. The lowest BCUT2D eigenvalue weighted by Crippen LogP contribution is -2.21. The average Bonchev–Trinajstić information content (AvgIpc) is 2.22. The van der Waals surface area contributed by atoms with Gasteiger partial charge in [0.05, 0.1) is 0 Å². The van der Waals surface area contributed by atoms with E-state index in [4.69, 9.17) is 0 Å². The molecule has 0 aromatic carbocycles. The summed E-state index contributed by atoms with van der Waals surface area (Å²) in [6.07, 6.45) is 3.97. The molecule has 0 N–H and O–H groups in total. The van der Waals surface area contributed by atoms with Crippen molar-refractivity contribution in [1.29, 1.82) is 0 Å². The predicted molar refractivity (Wildman–Crippen MR) is 74.9 cm³/mol. The number of unbranched alkanes of at least 4 members (excludes halogenated alkanes) is 2. The van der Waals surface area contributed by atoms with Crippen LogP contribution < -0.4 is 0 Å². The van der Waals surface area contributed by atoms with Crippen LogP contribution in [0.15, 0.2) is 0 Å². The molecule has 3 heteroatoms. The molecule has 0 aliphatic heterocycles. The van der Waals surface area contributed by atoms with E-state index in [-0.39, 0.29) is 0 Å². The normalized spacial score (nSPS) is 9.86. The molecule has 0 bridgehead atoms. The van der Waals surface area contributed by atoms with Gasteiger partial charge in [0.1, 0.15) is 0 Å². The molecule has 0 aliphatic carbocycles. The van der Waals surface area contributed by atoms with Crippen molar-refractivity contribution in [2.24, 2.45) is 0 Å². The quantitative estimate of drug-likeness (QED) is 0.497. The van der Waals surface area contributed by atoms with Crippen molar-refractivity contribution in [2.75, 3.05) is 30.3 Å². The van der Waals surface area contributed by atoms with Gasteiger partial charge >= 0.3 is 0 Å². The van der Waals surface area contributed by atoms with Gasteiger partial charge in [-0.1, -0.05) is 59.1 Å². The third-order valence-electron chi connectivity index (χ3n) is 2.11. The monoisotopic (exact) mass is 329 g/mol. The lowest BCUT2D eigenvalue weighted by atomic mass is 10.3. The molecule has 0 radical (unpaired) electrons. The third-order valence-corrected chi connectivity index (χ3v) is 3.23. The molecule has 0 spiro atoms. The number of hydrogen-bond acceptors (Lipinski definition) is 1. The Hall–Kier alpha value is 0.920. The van der Waals surface area contributed by atoms with Crippen molar-refractivity contribution >= 4 is 31.9 Å². The van der Waals surface area contributed by atoms with Crippen molar-refractivity contribution < 1.29 is 0 Å². The summed E-state index contributed by atoms with van der Waals surface area (Å²) in [5.74, 6) is 0. The molecule has 0 aromatic heterocycles. The maximum atomic E-state index is 3.36. The summed E-state index contributed by atoms with van der Waals surface area (Å²) in [6.45, 7) is 10.1. The van der Waals surface area contributed by atoms with Gasteiger partial charge < -0.3 is 4.90 Å². The largest absolute Gasteiger partial charge is 0.304 e. The standard InChI is InChI=1S/C6H15N.C5H10Br2/c1-4-7(5-2)6-3;6-4-2-1-3-5-7/h4-6H2,1-3H3;1-5H2. The fraction of sp³-hybridized carbons (Fsp3) is 1.00. The topological polar surface area (TPSA) is 3.24 Å². The smallest absolute Gasteiger partial charge is 0.00313 e. The van der Waals surface area contributed by atoms with E-state index in [1.807, 2.05) is 0 Å². The maximum Gasteiger partial charge on any atom is 0.00313 e. The summed E-state index contributed by atoms with van der Waals surface area (Å²) >= 11 is 6.73. The van der Waals surface area contributed by atoms with Gasteiger partial charge in [0.2, 0.25) is 0 Å². The van der Waals surface area contributed by atoms with Gasteiger partial charge in [-0.25, -0.2) is 0 Å². The molecule has 1 nitrogen and oxygen atoms in total. The summed E-state index contributed by atoms with van der Waals surface area (Å²) in [7, 11) is 0. The zero-order valence-electron chi connectivity index (χ0n) is 9.86. The summed E-state index contributed by atoms with van der Waals surface area (Å²) in [6, 6.07) is 0. The minimum absolute atomic E-state index is 1.15. The highest BCUT2D eigenvalue weighted by molar-refractivity contribution is 9.09. The molecule has 14 heavy (non-hydrogen) atoms. The summed E-state index contributed by atoms with van der Waals surface area (Å²) in [5, 5.41) is 2.31. The molecule has 0 saturated heterocycles. The molecule has 88 valence electrons. The first-order valence-corrected chi connectivity index (χ1v) is 7.85. The first kappa shape index (κ1) is 17.3. The molecule has 0 atom stereocenters. The molecule has 0 fully saturated rings. The molecule has 0 unspecified atom stereocenters. The van der Waals surface area contributed by atoms with Crippen LogP contribution in [0.3, 0.4) is 0 Å². The zero-order valence-corrected chi connectivity index (χ0v) is 13.0. The van der Waals surface area contributed by atoms with Crippen molar-refractivity contribution in [1.82, 2.24) is 4.90 Å². The Morgan fingerprint density at radius 2 is 1.07 bits per heavy atom. The van der Waals surface area contributed by atoms with E-state index in [1.165, 1.54) is 38.9 Å². The number of nitrogens with zero attached hydrogens (tertiary/aromatic N) is 1. The van der Waals surface area contributed by atoms with Crippen molar-refractivity contribution in [3.8, 4) is 0 Å². The second kappa shape index (κ2) is 16.4.